The van der Waals surface area contributed by atoms with Crippen LogP contribution < -0.4 is 10.1 Å². The van der Waals surface area contributed by atoms with Crippen LogP contribution in [0.4, 0.5) is 5.82 Å². The number of benzene rings is 2. The molecule has 0 fully saturated rings. The SMILES string of the molecule is COc1cccc(C(=O)Nc2n[nH]c3c2CN(S(=O)(=O)c2ccccc2C)C3)c1. The average Bonchev–Trinajstić information content (AvgIpc) is 3.31. The molecular formula is C20H20N4O4S. The van der Waals surface area contributed by atoms with Gasteiger partial charge in [-0.3, -0.25) is 9.89 Å². The number of hydrogen-bond donors (Lipinski definition) is 2. The standard InChI is InChI=1S/C20H20N4O4S/c1-13-6-3-4-9-18(13)29(26,27)24-11-16-17(12-24)22-23-19(16)21-20(25)14-7-5-8-15(10-14)28-2/h3-10H,11-12H2,1-2H3,(H2,21,22,23,25). The number of nitrogens with zero attached hydrogens (tertiary/aromatic N) is 2. The van der Waals surface area contributed by atoms with E-state index in [1.54, 1.807) is 55.5 Å². The molecule has 0 spiro atoms. The Hall–Kier alpha value is -3.17. The Morgan fingerprint density at radius 1 is 1.17 bits per heavy atom. The Labute approximate surface area is 168 Å². The number of hydrogen-bond acceptors (Lipinski definition) is 5. The van der Waals surface area contributed by atoms with Gasteiger partial charge in [0, 0.05) is 17.7 Å². The monoisotopic (exact) mass is 412 g/mol. The lowest BCUT2D eigenvalue weighted by Gasteiger charge is -2.17. The number of aromatic amines is 1. The van der Waals surface area contributed by atoms with Crippen molar-refractivity contribution < 1.29 is 17.9 Å². The number of carbonyl (C=O) groups excluding carboxylic acids is 1. The number of rotatable bonds is 5. The van der Waals surface area contributed by atoms with Gasteiger partial charge in [0.05, 0.1) is 24.2 Å². The number of anilines is 1. The lowest BCUT2D eigenvalue weighted by molar-refractivity contribution is 0.102. The summed E-state index contributed by atoms with van der Waals surface area (Å²) in [5, 5.41) is 9.74. The van der Waals surface area contributed by atoms with E-state index in [9.17, 15) is 13.2 Å². The zero-order chi connectivity index (χ0) is 20.6. The molecule has 0 radical (unpaired) electrons. The third-order valence-corrected chi connectivity index (χ3v) is 6.85. The minimum Gasteiger partial charge on any atom is -0.497 e. The summed E-state index contributed by atoms with van der Waals surface area (Å²) in [6, 6.07) is 13.6. The van der Waals surface area contributed by atoms with E-state index in [1.165, 1.54) is 11.4 Å². The molecule has 1 amide bonds. The fraction of sp³-hybridized carbons (Fsp3) is 0.200. The van der Waals surface area contributed by atoms with Gasteiger partial charge in [0.1, 0.15) is 5.75 Å². The first kappa shape index (κ1) is 19.2. The first-order valence-electron chi connectivity index (χ1n) is 8.97. The van der Waals surface area contributed by atoms with Crippen LogP contribution in [0, 0.1) is 6.92 Å². The van der Waals surface area contributed by atoms with E-state index in [0.717, 1.165) is 0 Å². The molecule has 1 aliphatic heterocycles. The second-order valence-electron chi connectivity index (χ2n) is 6.75. The second-order valence-corrected chi connectivity index (χ2v) is 8.66. The zero-order valence-electron chi connectivity index (χ0n) is 16.0. The third-order valence-electron chi connectivity index (χ3n) is 4.90. The molecule has 1 aromatic heterocycles. The lowest BCUT2D eigenvalue weighted by atomic mass is 10.2. The molecule has 29 heavy (non-hydrogen) atoms. The highest BCUT2D eigenvalue weighted by atomic mass is 32.2. The van der Waals surface area contributed by atoms with Crippen molar-refractivity contribution in [3.63, 3.8) is 0 Å². The van der Waals surface area contributed by atoms with Crippen LogP contribution in [0.25, 0.3) is 0 Å². The summed E-state index contributed by atoms with van der Waals surface area (Å²) in [6.45, 7) is 2.08. The molecule has 2 N–H and O–H groups in total. The molecule has 3 aromatic rings. The number of methoxy groups -OCH3 is 1. The van der Waals surface area contributed by atoms with Crippen LogP contribution in [0.15, 0.2) is 53.4 Å². The summed E-state index contributed by atoms with van der Waals surface area (Å²) in [7, 11) is -2.13. The highest BCUT2D eigenvalue weighted by Crippen LogP contribution is 2.32. The quantitative estimate of drug-likeness (QED) is 0.670. The fourth-order valence-electron chi connectivity index (χ4n) is 3.31. The van der Waals surface area contributed by atoms with E-state index in [-0.39, 0.29) is 23.9 Å². The van der Waals surface area contributed by atoms with E-state index >= 15 is 0 Å². The fourth-order valence-corrected chi connectivity index (χ4v) is 4.92. The summed E-state index contributed by atoms with van der Waals surface area (Å²) in [5.74, 6) is 0.550. The van der Waals surface area contributed by atoms with Crippen molar-refractivity contribution in [2.24, 2.45) is 0 Å². The van der Waals surface area contributed by atoms with E-state index in [4.69, 9.17) is 4.74 Å². The maximum atomic E-state index is 13.0. The molecular weight excluding hydrogens is 392 g/mol. The second kappa shape index (κ2) is 7.34. The van der Waals surface area contributed by atoms with E-state index in [2.05, 4.69) is 15.5 Å². The topological polar surface area (TPSA) is 104 Å². The molecule has 150 valence electrons. The van der Waals surface area contributed by atoms with Gasteiger partial charge in [-0.15, -0.1) is 0 Å². The van der Waals surface area contributed by atoms with Gasteiger partial charge in [-0.2, -0.15) is 9.40 Å². The van der Waals surface area contributed by atoms with Gasteiger partial charge in [0.2, 0.25) is 10.0 Å². The van der Waals surface area contributed by atoms with Crippen molar-refractivity contribution in [1.82, 2.24) is 14.5 Å². The summed E-state index contributed by atoms with van der Waals surface area (Å²) in [6.07, 6.45) is 0. The van der Waals surface area contributed by atoms with Gasteiger partial charge >= 0.3 is 0 Å². The summed E-state index contributed by atoms with van der Waals surface area (Å²) < 4.78 is 32.6. The van der Waals surface area contributed by atoms with Crippen molar-refractivity contribution in [2.75, 3.05) is 12.4 Å². The van der Waals surface area contributed by atoms with E-state index in [0.29, 0.717) is 34.0 Å². The first-order chi connectivity index (χ1) is 13.9. The van der Waals surface area contributed by atoms with Crippen LogP contribution in [0.5, 0.6) is 5.75 Å². The largest absolute Gasteiger partial charge is 0.497 e. The Morgan fingerprint density at radius 3 is 2.72 bits per heavy atom. The maximum absolute atomic E-state index is 13.0. The maximum Gasteiger partial charge on any atom is 0.257 e. The third kappa shape index (κ3) is 3.50. The molecule has 4 rings (SSSR count). The smallest absolute Gasteiger partial charge is 0.257 e. The highest BCUT2D eigenvalue weighted by molar-refractivity contribution is 7.89. The normalized spacial score (nSPS) is 13.9. The van der Waals surface area contributed by atoms with Gasteiger partial charge in [0.25, 0.3) is 5.91 Å². The van der Waals surface area contributed by atoms with Crippen LogP contribution >= 0.6 is 0 Å². The Bertz CT molecular complexity index is 1190. The molecule has 8 nitrogen and oxygen atoms in total. The van der Waals surface area contributed by atoms with Crippen LogP contribution in [0.2, 0.25) is 0 Å². The lowest BCUT2D eigenvalue weighted by Crippen LogP contribution is -2.27. The van der Waals surface area contributed by atoms with Crippen molar-refractivity contribution in [3.8, 4) is 5.75 Å². The molecule has 9 heteroatoms. The molecule has 2 aromatic carbocycles. The molecule has 0 saturated heterocycles. The Morgan fingerprint density at radius 2 is 1.97 bits per heavy atom. The van der Waals surface area contributed by atoms with Crippen molar-refractivity contribution in [2.45, 2.75) is 24.9 Å². The molecule has 0 bridgehead atoms. The predicted octanol–water partition coefficient (Wildman–Crippen LogP) is 2.68. The number of aromatic nitrogens is 2. The number of aryl methyl sites for hydroxylation is 1. The minimum absolute atomic E-state index is 0.135. The number of carbonyl (C=O) groups is 1. The van der Waals surface area contributed by atoms with Gasteiger partial charge in [-0.1, -0.05) is 24.3 Å². The number of fused-ring (bicyclic) bond motifs is 1. The molecule has 1 aliphatic rings. The molecule has 2 heterocycles. The predicted molar refractivity (Wildman–Crippen MR) is 107 cm³/mol. The summed E-state index contributed by atoms with van der Waals surface area (Å²) in [4.78, 5) is 12.9. The van der Waals surface area contributed by atoms with Crippen LogP contribution in [-0.2, 0) is 23.1 Å². The zero-order valence-corrected chi connectivity index (χ0v) is 16.8. The molecule has 0 atom stereocenters. The summed E-state index contributed by atoms with van der Waals surface area (Å²) in [5.41, 5.74) is 2.44. The van der Waals surface area contributed by atoms with Gasteiger partial charge in [-0.25, -0.2) is 8.42 Å². The van der Waals surface area contributed by atoms with Gasteiger partial charge < -0.3 is 10.1 Å². The number of sulfonamides is 1. The van der Waals surface area contributed by atoms with Crippen LogP contribution in [0.1, 0.15) is 27.2 Å². The highest BCUT2D eigenvalue weighted by Gasteiger charge is 2.34. The van der Waals surface area contributed by atoms with Crippen molar-refractivity contribution >= 4 is 21.7 Å². The molecule has 0 aliphatic carbocycles. The van der Waals surface area contributed by atoms with Crippen molar-refractivity contribution in [1.29, 1.82) is 0 Å². The summed E-state index contributed by atoms with van der Waals surface area (Å²) >= 11 is 0. The molecule has 0 saturated carbocycles. The van der Waals surface area contributed by atoms with E-state index in [1.807, 2.05) is 0 Å². The Balaban J connectivity index is 1.55. The molecule has 0 unspecified atom stereocenters. The van der Waals surface area contributed by atoms with Crippen LogP contribution in [0.3, 0.4) is 0 Å². The minimum atomic E-state index is -3.66. The number of ether oxygens (including phenoxy) is 1. The van der Waals surface area contributed by atoms with Crippen molar-refractivity contribution in [3.05, 3.63) is 70.9 Å². The van der Waals surface area contributed by atoms with Gasteiger partial charge in [-0.05, 0) is 36.8 Å². The number of nitrogens with one attached hydrogen (secondary N) is 2. The Kier molecular flexibility index (Phi) is 4.85. The van der Waals surface area contributed by atoms with E-state index < -0.39 is 10.0 Å². The van der Waals surface area contributed by atoms with Crippen LogP contribution in [-0.4, -0.2) is 35.9 Å². The van der Waals surface area contributed by atoms with Gasteiger partial charge in [0.15, 0.2) is 5.82 Å². The number of H-pyrrole nitrogens is 1. The average molecular weight is 412 g/mol. The first-order valence-corrected chi connectivity index (χ1v) is 10.4. The number of amides is 1.